The minimum absolute atomic E-state index is 0.107. The highest BCUT2D eigenvalue weighted by Crippen LogP contribution is 2.29. The number of hydrogen-bond donors (Lipinski definition) is 2. The molecular weight excluding hydrogens is 284 g/mol. The highest BCUT2D eigenvalue weighted by atomic mass is 32.2. The van der Waals surface area contributed by atoms with Crippen molar-refractivity contribution in [2.24, 2.45) is 0 Å². The number of aliphatic hydroxyl groups excluding tert-OH is 2. The van der Waals surface area contributed by atoms with Gasteiger partial charge < -0.3 is 19.1 Å². The maximum Gasteiger partial charge on any atom is 0.306 e. The lowest BCUT2D eigenvalue weighted by Crippen LogP contribution is -2.07. The molecule has 6 nitrogen and oxygen atoms in total. The van der Waals surface area contributed by atoms with Crippen LogP contribution >= 0.6 is 0 Å². The third-order valence-corrected chi connectivity index (χ3v) is 2.97. The van der Waals surface area contributed by atoms with E-state index < -0.39 is 10.1 Å². The minimum atomic E-state index is -3.62. The van der Waals surface area contributed by atoms with Gasteiger partial charge in [-0.1, -0.05) is 12.1 Å². The Balaban J connectivity index is 3.00. The molecule has 0 radical (unpaired) electrons. The molecule has 0 amide bonds. The van der Waals surface area contributed by atoms with Gasteiger partial charge in [-0.15, -0.1) is 0 Å². The SMILES string of the molecule is COc1cc(C/C(=C/CO)CO)ccc1OS(C)(=O)=O. The first-order valence-electron chi connectivity index (χ1n) is 5.85. The van der Waals surface area contributed by atoms with Crippen molar-refractivity contribution in [1.29, 1.82) is 0 Å². The molecule has 0 unspecified atom stereocenters. The topological polar surface area (TPSA) is 93.1 Å². The average Bonchev–Trinajstić information content (AvgIpc) is 2.38. The van der Waals surface area contributed by atoms with E-state index in [0.29, 0.717) is 12.0 Å². The van der Waals surface area contributed by atoms with Gasteiger partial charge in [0, 0.05) is 0 Å². The van der Waals surface area contributed by atoms with Crippen molar-refractivity contribution in [1.82, 2.24) is 0 Å². The van der Waals surface area contributed by atoms with Crippen LogP contribution in [0.4, 0.5) is 0 Å². The number of benzene rings is 1. The van der Waals surface area contributed by atoms with E-state index in [-0.39, 0.29) is 24.7 Å². The summed E-state index contributed by atoms with van der Waals surface area (Å²) in [5, 5.41) is 18.0. The second kappa shape index (κ2) is 7.28. The van der Waals surface area contributed by atoms with Crippen LogP contribution in [0.2, 0.25) is 0 Å². The van der Waals surface area contributed by atoms with Crippen LogP contribution in [0.3, 0.4) is 0 Å². The van der Waals surface area contributed by atoms with E-state index in [2.05, 4.69) is 0 Å². The molecule has 112 valence electrons. The third kappa shape index (κ3) is 5.20. The molecule has 0 aliphatic rings. The fourth-order valence-corrected chi connectivity index (χ4v) is 2.10. The average molecular weight is 302 g/mol. The smallest absolute Gasteiger partial charge is 0.306 e. The van der Waals surface area contributed by atoms with Gasteiger partial charge in [0.15, 0.2) is 11.5 Å². The predicted octanol–water partition coefficient (Wildman–Crippen LogP) is 0.487. The van der Waals surface area contributed by atoms with E-state index in [0.717, 1.165) is 11.8 Å². The second-order valence-corrected chi connectivity index (χ2v) is 5.73. The van der Waals surface area contributed by atoms with Crippen LogP contribution in [-0.2, 0) is 16.5 Å². The molecule has 0 atom stereocenters. The van der Waals surface area contributed by atoms with Crippen LogP contribution in [0.1, 0.15) is 5.56 Å². The first-order valence-corrected chi connectivity index (χ1v) is 7.67. The van der Waals surface area contributed by atoms with Crippen molar-refractivity contribution in [3.05, 3.63) is 35.4 Å². The summed E-state index contributed by atoms with van der Waals surface area (Å²) in [7, 11) is -2.22. The summed E-state index contributed by atoms with van der Waals surface area (Å²) in [6.07, 6.45) is 2.90. The first-order chi connectivity index (χ1) is 9.39. The standard InChI is InChI=1S/C13H18O6S/c1-18-13-8-10(7-11(9-15)5-6-14)3-4-12(13)19-20(2,16)17/h3-5,8,14-15H,6-7,9H2,1-2H3/b11-5-. The van der Waals surface area contributed by atoms with Crippen LogP contribution in [-0.4, -0.2) is 45.2 Å². The van der Waals surface area contributed by atoms with Gasteiger partial charge in [0.2, 0.25) is 0 Å². The van der Waals surface area contributed by atoms with Crippen LogP contribution in [0, 0.1) is 0 Å². The fraction of sp³-hybridized carbons (Fsp3) is 0.385. The zero-order valence-corrected chi connectivity index (χ0v) is 12.2. The molecule has 0 heterocycles. The van der Waals surface area contributed by atoms with Crippen LogP contribution in [0.25, 0.3) is 0 Å². The Morgan fingerprint density at radius 3 is 2.50 bits per heavy atom. The number of methoxy groups -OCH3 is 1. The van der Waals surface area contributed by atoms with E-state index in [1.807, 2.05) is 0 Å². The van der Waals surface area contributed by atoms with Gasteiger partial charge >= 0.3 is 10.1 Å². The molecule has 0 aromatic heterocycles. The molecule has 0 aliphatic carbocycles. The molecule has 1 aromatic carbocycles. The lowest BCUT2D eigenvalue weighted by molar-refractivity contribution is 0.317. The van der Waals surface area contributed by atoms with Gasteiger partial charge in [0.25, 0.3) is 0 Å². The largest absolute Gasteiger partial charge is 0.493 e. The molecule has 1 rings (SSSR count). The summed E-state index contributed by atoms with van der Waals surface area (Å²) < 4.78 is 32.1. The van der Waals surface area contributed by atoms with E-state index in [4.69, 9.17) is 19.1 Å². The molecule has 0 aliphatic heterocycles. The summed E-state index contributed by atoms with van der Waals surface area (Å²) in [4.78, 5) is 0. The van der Waals surface area contributed by atoms with Gasteiger partial charge in [-0.25, -0.2) is 0 Å². The van der Waals surface area contributed by atoms with Crippen molar-refractivity contribution in [2.45, 2.75) is 6.42 Å². The minimum Gasteiger partial charge on any atom is -0.493 e. The molecule has 0 spiro atoms. The van der Waals surface area contributed by atoms with Crippen molar-refractivity contribution in [3.63, 3.8) is 0 Å². The Morgan fingerprint density at radius 1 is 1.30 bits per heavy atom. The van der Waals surface area contributed by atoms with Crippen LogP contribution in [0.15, 0.2) is 29.8 Å². The van der Waals surface area contributed by atoms with Crippen LogP contribution < -0.4 is 8.92 Å². The maximum absolute atomic E-state index is 11.1. The summed E-state index contributed by atoms with van der Waals surface area (Å²) in [5.41, 5.74) is 1.46. The van der Waals surface area contributed by atoms with E-state index in [9.17, 15) is 8.42 Å². The lowest BCUT2D eigenvalue weighted by Gasteiger charge is -2.11. The first kappa shape index (κ1) is 16.5. The Kier molecular flexibility index (Phi) is 6.00. The van der Waals surface area contributed by atoms with Gasteiger partial charge in [0.1, 0.15) is 0 Å². The molecule has 7 heteroatoms. The number of ether oxygens (including phenoxy) is 1. The molecule has 0 bridgehead atoms. The molecule has 2 N–H and O–H groups in total. The predicted molar refractivity (Wildman–Crippen MR) is 74.4 cm³/mol. The normalized spacial score (nSPS) is 12.3. The van der Waals surface area contributed by atoms with Gasteiger partial charge in [-0.05, 0) is 29.7 Å². The molecule has 20 heavy (non-hydrogen) atoms. The van der Waals surface area contributed by atoms with E-state index in [1.165, 1.54) is 19.3 Å². The number of hydrogen-bond acceptors (Lipinski definition) is 6. The Morgan fingerprint density at radius 2 is 2.00 bits per heavy atom. The van der Waals surface area contributed by atoms with Crippen molar-refractivity contribution >= 4 is 10.1 Å². The summed E-state index contributed by atoms with van der Waals surface area (Å²) >= 11 is 0. The fourth-order valence-electron chi connectivity index (χ4n) is 1.64. The van der Waals surface area contributed by atoms with Crippen molar-refractivity contribution in [2.75, 3.05) is 26.6 Å². The Labute approximate surface area is 118 Å². The lowest BCUT2D eigenvalue weighted by atomic mass is 10.0. The zero-order valence-electron chi connectivity index (χ0n) is 11.4. The summed E-state index contributed by atoms with van der Waals surface area (Å²) in [6, 6.07) is 4.79. The molecular formula is C13H18O6S. The summed E-state index contributed by atoms with van der Waals surface area (Å²) in [5.74, 6) is 0.393. The number of aliphatic hydroxyl groups is 2. The monoisotopic (exact) mass is 302 g/mol. The van der Waals surface area contributed by atoms with Gasteiger partial charge in [-0.3, -0.25) is 0 Å². The molecule has 1 aromatic rings. The van der Waals surface area contributed by atoms with Crippen LogP contribution in [0.5, 0.6) is 11.5 Å². The molecule has 0 saturated carbocycles. The summed E-state index contributed by atoms with van der Waals surface area (Å²) in [6.45, 7) is -0.313. The number of rotatable bonds is 7. The van der Waals surface area contributed by atoms with Gasteiger partial charge in [0.05, 0.1) is 26.6 Å². The maximum atomic E-state index is 11.1. The van der Waals surface area contributed by atoms with Gasteiger partial charge in [-0.2, -0.15) is 8.42 Å². The van der Waals surface area contributed by atoms with E-state index >= 15 is 0 Å². The molecule has 0 fully saturated rings. The highest BCUT2D eigenvalue weighted by Gasteiger charge is 2.11. The van der Waals surface area contributed by atoms with Crippen molar-refractivity contribution < 1.29 is 27.6 Å². The van der Waals surface area contributed by atoms with Crippen molar-refractivity contribution in [3.8, 4) is 11.5 Å². The second-order valence-electron chi connectivity index (χ2n) is 4.15. The Bertz CT molecular complexity index is 577. The Hall–Kier alpha value is -1.57. The van der Waals surface area contributed by atoms with E-state index in [1.54, 1.807) is 12.1 Å². The third-order valence-electron chi connectivity index (χ3n) is 2.48. The quantitative estimate of drug-likeness (QED) is 0.562. The zero-order chi connectivity index (χ0) is 15.2. The molecule has 0 saturated heterocycles. The highest BCUT2D eigenvalue weighted by molar-refractivity contribution is 7.86.